The quantitative estimate of drug-likeness (QED) is 0.848. The molecule has 0 unspecified atom stereocenters. The van der Waals surface area contributed by atoms with E-state index in [4.69, 9.17) is 0 Å². The first-order chi connectivity index (χ1) is 6.66. The molecule has 0 spiro atoms. The van der Waals surface area contributed by atoms with Crippen molar-refractivity contribution >= 4 is 27.3 Å². The third-order valence-electron chi connectivity index (χ3n) is 1.94. The fourth-order valence-corrected chi connectivity index (χ4v) is 2.43. The van der Waals surface area contributed by atoms with Crippen LogP contribution in [0.4, 0.5) is 0 Å². The number of nitrogens with one attached hydrogen (secondary N) is 1. The Morgan fingerprint density at radius 2 is 2.21 bits per heavy atom. The number of rotatable bonds is 1. The molecule has 4 heteroatoms. The Morgan fingerprint density at radius 3 is 2.79 bits per heavy atom. The third kappa shape index (κ3) is 1.81. The number of aromatic nitrogens is 1. The Balaban J connectivity index is 2.59. The minimum Gasteiger partial charge on any atom is -0.312 e. The normalized spacial score (nSPS) is 10.4. The Labute approximate surface area is 93.7 Å². The summed E-state index contributed by atoms with van der Waals surface area (Å²) in [6, 6.07) is 7.89. The average molecular weight is 270 g/mol. The molecule has 1 aromatic carbocycles. The number of aromatic amines is 1. The number of hydrogen-bond donors (Lipinski definition) is 1. The molecule has 0 saturated carbocycles. The molecule has 1 aromatic heterocycles. The molecule has 0 aliphatic rings. The van der Waals surface area contributed by atoms with Gasteiger partial charge in [0.2, 0.25) is 0 Å². The van der Waals surface area contributed by atoms with Crippen molar-refractivity contribution in [1.82, 2.24) is 4.98 Å². The fourth-order valence-electron chi connectivity index (χ4n) is 1.33. The number of H-pyrrole nitrogens is 1. The minimum absolute atomic E-state index is 0.00234. The second kappa shape index (κ2) is 3.71. The molecule has 0 amide bonds. The number of aryl methyl sites for hydroxylation is 1. The van der Waals surface area contributed by atoms with Gasteiger partial charge < -0.3 is 4.98 Å². The van der Waals surface area contributed by atoms with E-state index in [0.29, 0.717) is 0 Å². The fraction of sp³-hybridized carbons (Fsp3) is 0.100. The van der Waals surface area contributed by atoms with Crippen LogP contribution >= 0.6 is 27.3 Å². The van der Waals surface area contributed by atoms with Crippen LogP contribution in [-0.4, -0.2) is 4.98 Å². The summed E-state index contributed by atoms with van der Waals surface area (Å²) in [5.74, 6) is 0. The molecule has 2 rings (SSSR count). The summed E-state index contributed by atoms with van der Waals surface area (Å²) in [6.07, 6.45) is 0. The van der Waals surface area contributed by atoms with Crippen molar-refractivity contribution in [3.8, 4) is 11.3 Å². The second-order valence-electron chi connectivity index (χ2n) is 2.96. The molecule has 0 aliphatic heterocycles. The van der Waals surface area contributed by atoms with Gasteiger partial charge in [0, 0.05) is 14.9 Å². The van der Waals surface area contributed by atoms with Crippen LogP contribution in [0.5, 0.6) is 0 Å². The van der Waals surface area contributed by atoms with E-state index >= 15 is 0 Å². The lowest BCUT2D eigenvalue weighted by atomic mass is 10.1. The molecule has 0 atom stereocenters. The van der Waals surface area contributed by atoms with E-state index in [0.717, 1.165) is 20.6 Å². The van der Waals surface area contributed by atoms with Crippen LogP contribution < -0.4 is 4.87 Å². The predicted molar refractivity (Wildman–Crippen MR) is 62.8 cm³/mol. The van der Waals surface area contributed by atoms with Crippen LogP contribution in [0.2, 0.25) is 0 Å². The molecule has 14 heavy (non-hydrogen) atoms. The lowest BCUT2D eigenvalue weighted by Crippen LogP contribution is -1.92. The van der Waals surface area contributed by atoms with Gasteiger partial charge in [-0.25, -0.2) is 0 Å². The molecule has 2 aromatic rings. The van der Waals surface area contributed by atoms with Gasteiger partial charge in [-0.3, -0.25) is 4.79 Å². The summed E-state index contributed by atoms with van der Waals surface area (Å²) in [5.41, 5.74) is 1.96. The summed E-state index contributed by atoms with van der Waals surface area (Å²) in [6.45, 7) is 1.94. The zero-order valence-electron chi connectivity index (χ0n) is 7.50. The van der Waals surface area contributed by atoms with Gasteiger partial charge in [-0.05, 0) is 19.1 Å². The van der Waals surface area contributed by atoms with Crippen LogP contribution in [0.25, 0.3) is 11.3 Å². The van der Waals surface area contributed by atoms with Gasteiger partial charge in [0.25, 0.3) is 0 Å². The molecule has 1 N–H and O–H groups in total. The van der Waals surface area contributed by atoms with E-state index in [2.05, 4.69) is 20.9 Å². The lowest BCUT2D eigenvalue weighted by molar-refractivity contribution is 1.32. The van der Waals surface area contributed by atoms with E-state index < -0.39 is 0 Å². The van der Waals surface area contributed by atoms with Crippen molar-refractivity contribution in [2.45, 2.75) is 6.92 Å². The Kier molecular flexibility index (Phi) is 2.56. The van der Waals surface area contributed by atoms with Crippen molar-refractivity contribution < 1.29 is 0 Å². The number of thiazole rings is 1. The van der Waals surface area contributed by atoms with Gasteiger partial charge >= 0.3 is 4.87 Å². The minimum atomic E-state index is -0.00234. The van der Waals surface area contributed by atoms with Crippen LogP contribution in [0.1, 0.15) is 4.88 Å². The Hall–Kier alpha value is -0.870. The maximum absolute atomic E-state index is 11.1. The number of halogens is 1. The van der Waals surface area contributed by atoms with Crippen molar-refractivity contribution in [1.29, 1.82) is 0 Å². The van der Waals surface area contributed by atoms with Gasteiger partial charge in [-0.15, -0.1) is 0 Å². The topological polar surface area (TPSA) is 32.9 Å². The number of hydrogen-bond acceptors (Lipinski definition) is 2. The highest BCUT2D eigenvalue weighted by molar-refractivity contribution is 9.10. The maximum atomic E-state index is 11.1. The molecule has 0 radical (unpaired) electrons. The highest BCUT2D eigenvalue weighted by Gasteiger charge is 2.05. The monoisotopic (exact) mass is 269 g/mol. The van der Waals surface area contributed by atoms with Crippen LogP contribution in [0.15, 0.2) is 33.5 Å². The molecule has 0 aliphatic carbocycles. The first-order valence-corrected chi connectivity index (χ1v) is 5.73. The van der Waals surface area contributed by atoms with E-state index in [1.54, 1.807) is 0 Å². The summed E-state index contributed by atoms with van der Waals surface area (Å²) in [4.78, 5) is 15.0. The highest BCUT2D eigenvalue weighted by Crippen LogP contribution is 2.24. The largest absolute Gasteiger partial charge is 0.312 e. The lowest BCUT2D eigenvalue weighted by Gasteiger charge is -1.99. The Morgan fingerprint density at radius 1 is 1.43 bits per heavy atom. The molecular weight excluding hydrogens is 262 g/mol. The molecular formula is C10H8BrNOS. The predicted octanol–water partition coefficient (Wildman–Crippen LogP) is 3.17. The summed E-state index contributed by atoms with van der Waals surface area (Å²) in [5, 5.41) is 0. The van der Waals surface area contributed by atoms with Crippen molar-refractivity contribution in [2.75, 3.05) is 0 Å². The first kappa shape index (κ1) is 9.68. The number of benzene rings is 1. The maximum Gasteiger partial charge on any atom is 0.305 e. The van der Waals surface area contributed by atoms with Crippen molar-refractivity contribution in [3.63, 3.8) is 0 Å². The van der Waals surface area contributed by atoms with E-state index in [9.17, 15) is 4.79 Å². The van der Waals surface area contributed by atoms with Gasteiger partial charge in [-0.1, -0.05) is 39.4 Å². The van der Waals surface area contributed by atoms with Gasteiger partial charge in [0.1, 0.15) is 0 Å². The molecule has 72 valence electrons. The standard InChI is InChI=1S/C10H8BrNOS/c1-6-9(12-10(13)14-6)7-3-2-4-8(11)5-7/h2-5H,1H3,(H,12,13). The summed E-state index contributed by atoms with van der Waals surface area (Å²) in [7, 11) is 0. The molecule has 0 bridgehead atoms. The molecule has 2 nitrogen and oxygen atoms in total. The zero-order valence-corrected chi connectivity index (χ0v) is 9.91. The Bertz CT molecular complexity index is 515. The molecule has 0 saturated heterocycles. The van der Waals surface area contributed by atoms with E-state index in [1.165, 1.54) is 11.3 Å². The molecule has 0 fully saturated rings. The van der Waals surface area contributed by atoms with Gasteiger partial charge in [0.15, 0.2) is 0 Å². The van der Waals surface area contributed by atoms with E-state index in [1.807, 2.05) is 31.2 Å². The zero-order chi connectivity index (χ0) is 10.1. The highest BCUT2D eigenvalue weighted by atomic mass is 79.9. The first-order valence-electron chi connectivity index (χ1n) is 4.12. The summed E-state index contributed by atoms with van der Waals surface area (Å²) < 4.78 is 1.02. The average Bonchev–Trinajstić information content (AvgIpc) is 2.45. The van der Waals surface area contributed by atoms with Gasteiger partial charge in [-0.2, -0.15) is 0 Å². The van der Waals surface area contributed by atoms with Crippen molar-refractivity contribution in [2.24, 2.45) is 0 Å². The SMILES string of the molecule is Cc1sc(=O)[nH]c1-c1cccc(Br)c1. The smallest absolute Gasteiger partial charge is 0.305 e. The summed E-state index contributed by atoms with van der Waals surface area (Å²) >= 11 is 4.65. The third-order valence-corrected chi connectivity index (χ3v) is 3.23. The van der Waals surface area contributed by atoms with Crippen molar-refractivity contribution in [3.05, 3.63) is 43.3 Å². The van der Waals surface area contributed by atoms with Crippen LogP contribution in [0, 0.1) is 6.92 Å². The van der Waals surface area contributed by atoms with Crippen LogP contribution in [-0.2, 0) is 0 Å². The molecule has 1 heterocycles. The second-order valence-corrected chi connectivity index (χ2v) is 5.06. The van der Waals surface area contributed by atoms with Crippen LogP contribution in [0.3, 0.4) is 0 Å². The van der Waals surface area contributed by atoms with E-state index in [-0.39, 0.29) is 4.87 Å². The van der Waals surface area contributed by atoms with Gasteiger partial charge in [0.05, 0.1) is 5.69 Å².